The molecule has 17 atom stereocenters. The van der Waals surface area contributed by atoms with Crippen LogP contribution in [0.25, 0.3) is 0 Å². The Morgan fingerprint density at radius 2 is 1.55 bits per heavy atom. The van der Waals surface area contributed by atoms with Gasteiger partial charge in [-0.3, -0.25) is 9.59 Å². The highest BCUT2D eigenvalue weighted by atomic mass is 16.7. The Morgan fingerprint density at radius 3 is 2.06 bits per heavy atom. The van der Waals surface area contributed by atoms with Gasteiger partial charge in [0.05, 0.1) is 36.1 Å². The van der Waals surface area contributed by atoms with Crippen LogP contribution in [0.15, 0.2) is 0 Å². The third kappa shape index (κ3) is 7.39. The molecule has 0 spiro atoms. The predicted octanol–water partition coefficient (Wildman–Crippen LogP) is 4.67. The Kier molecular flexibility index (Phi) is 13.6. The van der Waals surface area contributed by atoms with E-state index in [1.807, 2.05) is 41.5 Å². The van der Waals surface area contributed by atoms with E-state index >= 15 is 0 Å². The predicted molar refractivity (Wildman–Crippen MR) is 184 cm³/mol. The first-order valence-electron chi connectivity index (χ1n) is 19.0. The van der Waals surface area contributed by atoms with Crippen molar-refractivity contribution >= 4 is 11.8 Å². The molecule has 3 aliphatic heterocycles. The Hall–Kier alpha value is -1.18. The number of carboxylic acids is 1. The lowest BCUT2D eigenvalue weighted by atomic mass is 9.70. The minimum Gasteiger partial charge on any atom is -0.481 e. The number of rotatable bonds is 16. The number of carboxylic acid groups (broad SMARTS) is 1. The fraction of sp³-hybridized carbons (Fsp3) is 0.947. The fourth-order valence-electron chi connectivity index (χ4n) is 9.58. The van der Waals surface area contributed by atoms with Crippen LogP contribution in [0, 0.1) is 47.3 Å². The summed E-state index contributed by atoms with van der Waals surface area (Å²) in [6.45, 7) is 19.8. The molecule has 11 nitrogen and oxygen atoms in total. The number of carbonyl (C=O) groups excluding carboxylic acids is 1. The van der Waals surface area contributed by atoms with Crippen LogP contribution in [0.2, 0.25) is 0 Å². The van der Waals surface area contributed by atoms with Crippen molar-refractivity contribution in [1.29, 1.82) is 0 Å². The van der Waals surface area contributed by atoms with E-state index in [4.69, 9.17) is 14.2 Å². The van der Waals surface area contributed by atoms with Crippen LogP contribution >= 0.6 is 0 Å². The molecule has 0 radical (unpaired) electrons. The first-order valence-corrected chi connectivity index (χ1v) is 19.0. The Morgan fingerprint density at radius 1 is 0.939 bits per heavy atom. The highest BCUT2D eigenvalue weighted by Crippen LogP contribution is 2.56. The van der Waals surface area contributed by atoms with Gasteiger partial charge in [-0.25, -0.2) is 0 Å². The monoisotopic (exact) mass is 700 g/mol. The number of ketones is 1. The van der Waals surface area contributed by atoms with E-state index in [1.165, 1.54) is 6.92 Å². The lowest BCUT2D eigenvalue weighted by molar-refractivity contribution is -0.346. The summed E-state index contributed by atoms with van der Waals surface area (Å²) in [7, 11) is 0. The second-order valence-electron chi connectivity index (χ2n) is 16.3. The van der Waals surface area contributed by atoms with Crippen LogP contribution in [0.5, 0.6) is 0 Å². The van der Waals surface area contributed by atoms with E-state index in [0.717, 1.165) is 12.8 Å². The lowest BCUT2D eigenvalue weighted by Gasteiger charge is -2.52. The van der Waals surface area contributed by atoms with Crippen molar-refractivity contribution in [2.24, 2.45) is 47.3 Å². The number of aliphatic hydroxyl groups excluding tert-OH is 3. The summed E-state index contributed by atoms with van der Waals surface area (Å²) in [4.78, 5) is 26.2. The van der Waals surface area contributed by atoms with E-state index in [-0.39, 0.29) is 17.6 Å². The average Bonchev–Trinajstić information content (AvgIpc) is 3.54. The molecule has 49 heavy (non-hydrogen) atoms. The highest BCUT2D eigenvalue weighted by molar-refractivity contribution is 5.84. The molecule has 11 heteroatoms. The van der Waals surface area contributed by atoms with Gasteiger partial charge < -0.3 is 44.8 Å². The van der Waals surface area contributed by atoms with Crippen molar-refractivity contribution in [3.05, 3.63) is 0 Å². The number of hydrogen-bond acceptors (Lipinski definition) is 10. The summed E-state index contributed by atoms with van der Waals surface area (Å²) < 4.78 is 19.4. The van der Waals surface area contributed by atoms with E-state index < -0.39 is 94.8 Å². The molecule has 0 aromatic rings. The number of aliphatic carboxylic acids is 1. The van der Waals surface area contributed by atoms with Gasteiger partial charge in [0.25, 0.3) is 0 Å². The zero-order chi connectivity index (χ0) is 37.4. The molecule has 6 N–H and O–H groups in total. The molecular formula is C38H68O11. The van der Waals surface area contributed by atoms with Crippen molar-refractivity contribution in [1.82, 2.24) is 0 Å². The molecule has 3 saturated heterocycles. The Labute approximate surface area is 294 Å². The topological polar surface area (TPSA) is 183 Å². The molecule has 3 fully saturated rings. The molecule has 3 heterocycles. The molecule has 0 aromatic carbocycles. The number of Topliss-reactive ketones (excluding diaryl/α,β-unsaturated/α-hetero) is 1. The summed E-state index contributed by atoms with van der Waals surface area (Å²) >= 11 is 0. The molecule has 0 aromatic heterocycles. The maximum Gasteiger partial charge on any atom is 0.311 e. The normalized spacial score (nSPS) is 43.5. The lowest BCUT2D eigenvalue weighted by Crippen LogP contribution is -2.64. The molecule has 3 rings (SSSR count). The fourth-order valence-corrected chi connectivity index (χ4v) is 9.58. The SMILES string of the molecule is CCCC[C@H](O)[C@@]1(CC)C[C@@H](C)[C@](O)([C@]2(C)C[C@@H](C)[C@H]([C@H](CC)C(=O)[C@H](C)[C@H](O)[C@@H](C)[C@H]3O[C@](O)([C@@H](C)C(=O)O)[C@@H](C)[C@H](O)[C@H]3CC)O2)O1. The molecule has 0 bridgehead atoms. The van der Waals surface area contributed by atoms with Gasteiger partial charge in [0, 0.05) is 35.5 Å². The molecule has 286 valence electrons. The van der Waals surface area contributed by atoms with Crippen molar-refractivity contribution in [3.63, 3.8) is 0 Å². The average molecular weight is 701 g/mol. The van der Waals surface area contributed by atoms with Crippen LogP contribution in [0.3, 0.4) is 0 Å². The van der Waals surface area contributed by atoms with Gasteiger partial charge in [-0.05, 0) is 58.3 Å². The van der Waals surface area contributed by atoms with Crippen LogP contribution in [-0.4, -0.2) is 95.7 Å². The number of aliphatic hydroxyl groups is 5. The van der Waals surface area contributed by atoms with Crippen LogP contribution in [0.4, 0.5) is 0 Å². The zero-order valence-corrected chi connectivity index (χ0v) is 31.9. The van der Waals surface area contributed by atoms with Gasteiger partial charge in [-0.15, -0.1) is 0 Å². The molecule has 0 aliphatic carbocycles. The maximum absolute atomic E-state index is 14.3. The summed E-state index contributed by atoms with van der Waals surface area (Å²) in [6.07, 6.45) is 0.185. The summed E-state index contributed by atoms with van der Waals surface area (Å²) in [5.41, 5.74) is -2.05. The summed E-state index contributed by atoms with van der Waals surface area (Å²) in [6, 6.07) is 0. The molecule has 0 saturated carbocycles. The van der Waals surface area contributed by atoms with E-state index in [0.29, 0.717) is 38.5 Å². The molecule has 3 aliphatic rings. The van der Waals surface area contributed by atoms with Gasteiger partial charge in [-0.2, -0.15) is 0 Å². The van der Waals surface area contributed by atoms with Crippen molar-refractivity contribution in [3.8, 4) is 0 Å². The Balaban J connectivity index is 1.84. The maximum atomic E-state index is 14.3. The van der Waals surface area contributed by atoms with Gasteiger partial charge in [0.1, 0.15) is 17.3 Å². The van der Waals surface area contributed by atoms with Gasteiger partial charge in [0.2, 0.25) is 0 Å². The first kappa shape index (κ1) is 42.2. The largest absolute Gasteiger partial charge is 0.481 e. The van der Waals surface area contributed by atoms with Gasteiger partial charge in [0.15, 0.2) is 11.6 Å². The van der Waals surface area contributed by atoms with Crippen molar-refractivity contribution in [2.75, 3.05) is 0 Å². The zero-order valence-electron chi connectivity index (χ0n) is 31.9. The quantitative estimate of drug-likeness (QED) is 0.132. The third-order valence-electron chi connectivity index (χ3n) is 13.2. The van der Waals surface area contributed by atoms with Gasteiger partial charge >= 0.3 is 5.97 Å². The van der Waals surface area contributed by atoms with E-state index in [9.17, 15) is 40.2 Å². The number of unbranched alkanes of at least 4 members (excludes halogenated alkanes) is 1. The number of carbonyl (C=O) groups is 2. The van der Waals surface area contributed by atoms with Crippen LogP contribution in [-0.2, 0) is 23.8 Å². The van der Waals surface area contributed by atoms with Crippen molar-refractivity contribution < 1.29 is 54.4 Å². The van der Waals surface area contributed by atoms with Crippen molar-refractivity contribution in [2.45, 2.75) is 181 Å². The smallest absolute Gasteiger partial charge is 0.311 e. The van der Waals surface area contributed by atoms with E-state index in [2.05, 4.69) is 6.92 Å². The molecular weight excluding hydrogens is 632 g/mol. The second-order valence-corrected chi connectivity index (χ2v) is 16.3. The minimum atomic E-state index is -2.17. The van der Waals surface area contributed by atoms with Crippen LogP contribution < -0.4 is 0 Å². The first-order chi connectivity index (χ1) is 22.7. The third-order valence-corrected chi connectivity index (χ3v) is 13.2. The highest BCUT2D eigenvalue weighted by Gasteiger charge is 2.67. The Bertz CT molecular complexity index is 1130. The van der Waals surface area contributed by atoms with E-state index in [1.54, 1.807) is 20.8 Å². The second kappa shape index (κ2) is 15.8. The summed E-state index contributed by atoms with van der Waals surface area (Å²) in [5.74, 6) is -10.8. The summed E-state index contributed by atoms with van der Waals surface area (Å²) in [5, 5.41) is 67.5. The minimum absolute atomic E-state index is 0.127. The standard InChI is InChI=1S/C38H68O11/c1-12-16-17-28(39)36(15-4)19-21(6)38(46,49-36)35(11)18-20(5)32(47-35)26(13-2)30(41)22(7)29(40)23(8)33-27(14-3)31(42)24(9)37(45,48-33)25(10)34(43)44/h20-29,31-33,39-40,42,45-46H,12-19H2,1-11H3,(H,43,44)/t20-,21-,22-,23-,24+,25+,26-,27-,28+,29+,31+,32-,33-,35+,36-,37+,38-/m1/s1. The number of hydrogen-bond donors (Lipinski definition) is 6. The number of ether oxygens (including phenoxy) is 3. The molecule has 0 amide bonds. The van der Waals surface area contributed by atoms with Gasteiger partial charge in [-0.1, -0.05) is 75.2 Å². The molecule has 0 unspecified atom stereocenters. The van der Waals surface area contributed by atoms with Crippen LogP contribution in [0.1, 0.15) is 128 Å².